The molecule has 6 heteroatoms. The number of guanidine groups is 1. The number of rotatable bonds is 8. The van der Waals surface area contributed by atoms with Crippen LogP contribution >= 0.6 is 35.7 Å². The lowest BCUT2D eigenvalue weighted by molar-refractivity contribution is 0.0778. The molecule has 1 aliphatic heterocycles. The average molecular weight is 415 g/mol. The van der Waals surface area contributed by atoms with Crippen molar-refractivity contribution in [2.75, 3.05) is 31.1 Å². The van der Waals surface area contributed by atoms with Crippen molar-refractivity contribution in [2.45, 2.75) is 51.6 Å². The maximum atomic E-state index is 10.3. The largest absolute Gasteiger partial charge is 0.387 e. The molecule has 1 aliphatic rings. The van der Waals surface area contributed by atoms with Gasteiger partial charge in [-0.2, -0.15) is 11.8 Å². The molecule has 1 heterocycles. The summed E-state index contributed by atoms with van der Waals surface area (Å²) in [5.74, 6) is 2.70. The summed E-state index contributed by atoms with van der Waals surface area (Å²) in [6.07, 6.45) is 5.87. The van der Waals surface area contributed by atoms with Crippen LogP contribution in [0, 0.1) is 0 Å². The van der Waals surface area contributed by atoms with E-state index in [4.69, 9.17) is 0 Å². The molecule has 1 saturated heterocycles. The highest BCUT2D eigenvalue weighted by atomic mass is 127. The maximum absolute atomic E-state index is 10.3. The van der Waals surface area contributed by atoms with Crippen molar-refractivity contribution in [1.29, 1.82) is 0 Å². The third-order valence-corrected chi connectivity index (χ3v) is 4.52. The fraction of sp³-hybridized carbons (Fsp3) is 0.929. The standard InChI is InChI=1S/C14H29N3OS.HI/c1-3-5-6-7-9-16-13(15-4-2)17-11-14(18)8-10-19-12-14;/h18H,3-12H2,1-2H3,(H2,15,16,17);1H. The van der Waals surface area contributed by atoms with Crippen LogP contribution in [0.15, 0.2) is 4.99 Å². The number of halogens is 1. The van der Waals surface area contributed by atoms with E-state index < -0.39 is 5.60 Å². The fourth-order valence-corrected chi connectivity index (χ4v) is 3.33. The molecule has 120 valence electrons. The molecule has 1 rings (SSSR count). The van der Waals surface area contributed by atoms with Crippen LogP contribution in [0.5, 0.6) is 0 Å². The van der Waals surface area contributed by atoms with E-state index in [-0.39, 0.29) is 24.0 Å². The second-order valence-electron chi connectivity index (χ2n) is 5.21. The number of hydrogen-bond donors (Lipinski definition) is 3. The lowest BCUT2D eigenvalue weighted by Gasteiger charge is -2.19. The summed E-state index contributed by atoms with van der Waals surface area (Å²) in [6, 6.07) is 0. The van der Waals surface area contributed by atoms with Gasteiger partial charge in [0.15, 0.2) is 5.96 Å². The SMILES string of the molecule is CCCCCCNC(=NCC1(O)CCSC1)NCC.I. The first-order chi connectivity index (χ1) is 9.20. The van der Waals surface area contributed by atoms with E-state index in [0.29, 0.717) is 6.54 Å². The summed E-state index contributed by atoms with van der Waals surface area (Å²) in [6.45, 7) is 6.60. The highest BCUT2D eigenvalue weighted by molar-refractivity contribution is 14.0. The van der Waals surface area contributed by atoms with Crippen molar-refractivity contribution in [2.24, 2.45) is 4.99 Å². The van der Waals surface area contributed by atoms with Gasteiger partial charge in [0.05, 0.1) is 12.1 Å². The van der Waals surface area contributed by atoms with Gasteiger partial charge in [0.2, 0.25) is 0 Å². The predicted octanol–water partition coefficient (Wildman–Crippen LogP) is 2.61. The topological polar surface area (TPSA) is 56.7 Å². The second-order valence-corrected chi connectivity index (χ2v) is 6.31. The smallest absolute Gasteiger partial charge is 0.191 e. The molecular weight excluding hydrogens is 385 g/mol. The summed E-state index contributed by atoms with van der Waals surface area (Å²) >= 11 is 1.81. The van der Waals surface area contributed by atoms with E-state index in [9.17, 15) is 5.11 Å². The molecule has 4 nitrogen and oxygen atoms in total. The lowest BCUT2D eigenvalue weighted by Crippen LogP contribution is -2.40. The predicted molar refractivity (Wildman–Crippen MR) is 100 cm³/mol. The van der Waals surface area contributed by atoms with Crippen molar-refractivity contribution in [3.05, 3.63) is 0 Å². The molecule has 0 spiro atoms. The van der Waals surface area contributed by atoms with Crippen LogP contribution in [-0.2, 0) is 0 Å². The number of unbranched alkanes of at least 4 members (excludes halogenated alkanes) is 3. The number of nitrogens with one attached hydrogen (secondary N) is 2. The Morgan fingerprint density at radius 3 is 2.65 bits per heavy atom. The van der Waals surface area contributed by atoms with Crippen molar-refractivity contribution in [1.82, 2.24) is 10.6 Å². The van der Waals surface area contributed by atoms with Gasteiger partial charge in [-0.3, -0.25) is 4.99 Å². The Morgan fingerprint density at radius 2 is 2.05 bits per heavy atom. The summed E-state index contributed by atoms with van der Waals surface area (Å²) in [7, 11) is 0. The Bertz CT molecular complexity index is 271. The zero-order valence-electron chi connectivity index (χ0n) is 12.8. The van der Waals surface area contributed by atoms with Gasteiger partial charge >= 0.3 is 0 Å². The molecule has 20 heavy (non-hydrogen) atoms. The molecule has 1 atom stereocenters. The Kier molecular flexibility index (Phi) is 12.1. The summed E-state index contributed by atoms with van der Waals surface area (Å²) in [5.41, 5.74) is -0.588. The van der Waals surface area contributed by atoms with Crippen LogP contribution in [0.1, 0.15) is 46.0 Å². The molecule has 0 aromatic heterocycles. The van der Waals surface area contributed by atoms with Crippen LogP contribution in [-0.4, -0.2) is 47.8 Å². The van der Waals surface area contributed by atoms with Gasteiger partial charge in [-0.25, -0.2) is 0 Å². The van der Waals surface area contributed by atoms with Crippen molar-refractivity contribution in [3.63, 3.8) is 0 Å². The average Bonchev–Trinajstić information content (AvgIpc) is 2.83. The highest BCUT2D eigenvalue weighted by Crippen LogP contribution is 2.27. The van der Waals surface area contributed by atoms with Gasteiger partial charge in [-0.05, 0) is 25.5 Å². The molecule has 0 radical (unpaired) electrons. The van der Waals surface area contributed by atoms with E-state index in [1.54, 1.807) is 0 Å². The van der Waals surface area contributed by atoms with Crippen molar-refractivity contribution < 1.29 is 5.11 Å². The lowest BCUT2D eigenvalue weighted by atomic mass is 10.1. The van der Waals surface area contributed by atoms with Crippen molar-refractivity contribution >= 4 is 41.7 Å². The third kappa shape index (κ3) is 8.56. The normalized spacial score (nSPS) is 22.4. The van der Waals surface area contributed by atoms with E-state index in [1.165, 1.54) is 25.7 Å². The van der Waals surface area contributed by atoms with E-state index in [2.05, 4.69) is 29.5 Å². The quantitative estimate of drug-likeness (QED) is 0.247. The Morgan fingerprint density at radius 1 is 1.25 bits per heavy atom. The minimum atomic E-state index is -0.588. The highest BCUT2D eigenvalue weighted by Gasteiger charge is 2.31. The summed E-state index contributed by atoms with van der Waals surface area (Å²) in [5, 5.41) is 16.8. The van der Waals surface area contributed by atoms with Crippen LogP contribution in [0.4, 0.5) is 0 Å². The summed E-state index contributed by atoms with van der Waals surface area (Å²) in [4.78, 5) is 4.52. The Balaban J connectivity index is 0.00000361. The first kappa shape index (κ1) is 20.3. The Hall–Kier alpha value is 0.310. The van der Waals surface area contributed by atoms with Gasteiger partial charge in [-0.15, -0.1) is 24.0 Å². The molecule has 0 bridgehead atoms. The first-order valence-electron chi connectivity index (χ1n) is 7.52. The van der Waals surface area contributed by atoms with Crippen LogP contribution < -0.4 is 10.6 Å². The molecule has 0 aliphatic carbocycles. The van der Waals surface area contributed by atoms with E-state index in [1.807, 2.05) is 11.8 Å². The molecule has 1 unspecified atom stereocenters. The molecule has 0 aromatic rings. The molecule has 0 amide bonds. The minimum absolute atomic E-state index is 0. The number of aliphatic imine (C=N–C) groups is 1. The number of nitrogens with zero attached hydrogens (tertiary/aromatic N) is 1. The van der Waals surface area contributed by atoms with Gasteiger partial charge in [0, 0.05) is 18.8 Å². The van der Waals surface area contributed by atoms with Crippen LogP contribution in [0.2, 0.25) is 0 Å². The van der Waals surface area contributed by atoms with Gasteiger partial charge in [0.25, 0.3) is 0 Å². The van der Waals surface area contributed by atoms with E-state index >= 15 is 0 Å². The second kappa shape index (κ2) is 11.9. The fourth-order valence-electron chi connectivity index (χ4n) is 2.05. The first-order valence-corrected chi connectivity index (χ1v) is 8.68. The van der Waals surface area contributed by atoms with Gasteiger partial charge in [-0.1, -0.05) is 26.2 Å². The van der Waals surface area contributed by atoms with Crippen molar-refractivity contribution in [3.8, 4) is 0 Å². The maximum Gasteiger partial charge on any atom is 0.191 e. The molecule has 3 N–H and O–H groups in total. The molecule has 1 fully saturated rings. The van der Waals surface area contributed by atoms with E-state index in [0.717, 1.165) is 37.0 Å². The Labute approximate surface area is 145 Å². The number of thioether (sulfide) groups is 1. The zero-order valence-corrected chi connectivity index (χ0v) is 15.9. The van der Waals surface area contributed by atoms with Crippen LogP contribution in [0.3, 0.4) is 0 Å². The molecule has 0 saturated carbocycles. The number of aliphatic hydroxyl groups is 1. The van der Waals surface area contributed by atoms with Crippen LogP contribution in [0.25, 0.3) is 0 Å². The summed E-state index contributed by atoms with van der Waals surface area (Å²) < 4.78 is 0. The molecule has 0 aromatic carbocycles. The third-order valence-electron chi connectivity index (χ3n) is 3.28. The van der Waals surface area contributed by atoms with Gasteiger partial charge in [0.1, 0.15) is 0 Å². The minimum Gasteiger partial charge on any atom is -0.387 e. The monoisotopic (exact) mass is 415 g/mol. The zero-order chi connectivity index (χ0) is 14.0. The number of hydrogen-bond acceptors (Lipinski definition) is 3. The molecular formula is C14H30IN3OS. The van der Waals surface area contributed by atoms with Gasteiger partial charge < -0.3 is 15.7 Å².